The van der Waals surface area contributed by atoms with E-state index in [1.54, 1.807) is 13.8 Å². The first-order valence-corrected chi connectivity index (χ1v) is 4.08. The van der Waals surface area contributed by atoms with Crippen molar-refractivity contribution in [2.24, 2.45) is 0 Å². The van der Waals surface area contributed by atoms with Crippen LogP contribution in [0.2, 0.25) is 0 Å². The number of nitrogens with one attached hydrogen (secondary N) is 1. The molecule has 62 valence electrons. The van der Waals surface area contributed by atoms with E-state index in [9.17, 15) is 5.11 Å². The minimum absolute atomic E-state index is 0.488. The summed E-state index contributed by atoms with van der Waals surface area (Å²) in [6, 6.07) is 0. The predicted octanol–water partition coefficient (Wildman–Crippen LogP) is 0.721. The summed E-state index contributed by atoms with van der Waals surface area (Å²) < 4.78 is 3.81. The van der Waals surface area contributed by atoms with Crippen molar-refractivity contribution in [3.8, 4) is 0 Å². The molecule has 0 aromatic carbocycles. The van der Waals surface area contributed by atoms with Crippen molar-refractivity contribution in [2.45, 2.75) is 19.4 Å². The second-order valence-electron chi connectivity index (χ2n) is 2.91. The van der Waals surface area contributed by atoms with Crippen LogP contribution in [0.4, 0.5) is 5.13 Å². The summed E-state index contributed by atoms with van der Waals surface area (Å²) in [4.78, 5) is 3.90. The van der Waals surface area contributed by atoms with Crippen molar-refractivity contribution in [2.75, 3.05) is 11.9 Å². The number of hydrogen-bond donors (Lipinski definition) is 2. The molecule has 11 heavy (non-hydrogen) atoms. The van der Waals surface area contributed by atoms with Crippen LogP contribution in [0, 0.1) is 0 Å². The average molecular weight is 173 g/mol. The van der Waals surface area contributed by atoms with Crippen LogP contribution in [-0.2, 0) is 0 Å². The van der Waals surface area contributed by atoms with Crippen LogP contribution < -0.4 is 5.32 Å². The van der Waals surface area contributed by atoms with E-state index in [0.717, 1.165) is 5.13 Å². The lowest BCUT2D eigenvalue weighted by atomic mass is 10.1. The number of hydrogen-bond acceptors (Lipinski definition) is 5. The van der Waals surface area contributed by atoms with Crippen molar-refractivity contribution >= 4 is 16.7 Å². The van der Waals surface area contributed by atoms with Gasteiger partial charge in [0.15, 0.2) is 0 Å². The summed E-state index contributed by atoms with van der Waals surface area (Å²) >= 11 is 1.28. The molecule has 0 aliphatic rings. The van der Waals surface area contributed by atoms with Crippen LogP contribution in [-0.4, -0.2) is 26.6 Å². The van der Waals surface area contributed by atoms with E-state index in [-0.39, 0.29) is 0 Å². The molecular formula is C6H11N3OS. The molecular weight excluding hydrogens is 162 g/mol. The summed E-state index contributed by atoms with van der Waals surface area (Å²) in [5.74, 6) is 0. The molecule has 0 fully saturated rings. The number of nitrogens with zero attached hydrogens (tertiary/aromatic N) is 2. The maximum atomic E-state index is 9.31. The van der Waals surface area contributed by atoms with E-state index in [1.807, 2.05) is 0 Å². The first-order valence-electron chi connectivity index (χ1n) is 3.31. The molecule has 1 aromatic rings. The Balaban J connectivity index is 2.35. The van der Waals surface area contributed by atoms with Crippen LogP contribution in [0.25, 0.3) is 0 Å². The summed E-state index contributed by atoms with van der Waals surface area (Å²) in [5.41, 5.74) is -0.703. The van der Waals surface area contributed by atoms with E-state index in [2.05, 4.69) is 14.7 Å². The lowest BCUT2D eigenvalue weighted by Gasteiger charge is -2.16. The highest BCUT2D eigenvalue weighted by Crippen LogP contribution is 2.08. The lowest BCUT2D eigenvalue weighted by Crippen LogP contribution is -2.29. The second kappa shape index (κ2) is 3.15. The Bertz CT molecular complexity index is 204. The molecule has 0 atom stereocenters. The van der Waals surface area contributed by atoms with Gasteiger partial charge >= 0.3 is 0 Å². The molecule has 2 N–H and O–H groups in total. The monoisotopic (exact) mass is 173 g/mol. The van der Waals surface area contributed by atoms with Gasteiger partial charge in [-0.15, -0.1) is 0 Å². The van der Waals surface area contributed by atoms with Crippen LogP contribution in [0.3, 0.4) is 0 Å². The molecule has 0 saturated heterocycles. The Hall–Kier alpha value is -0.680. The molecule has 0 bridgehead atoms. The Morgan fingerprint density at radius 2 is 2.45 bits per heavy atom. The summed E-state index contributed by atoms with van der Waals surface area (Å²) in [6.45, 7) is 3.96. The smallest absolute Gasteiger partial charge is 0.202 e. The molecule has 5 heteroatoms. The first kappa shape index (κ1) is 8.42. The van der Waals surface area contributed by atoms with Crippen molar-refractivity contribution < 1.29 is 5.11 Å². The topological polar surface area (TPSA) is 58.0 Å². The lowest BCUT2D eigenvalue weighted by molar-refractivity contribution is 0.0945. The minimum atomic E-state index is -0.703. The normalized spacial score (nSPS) is 11.5. The fourth-order valence-electron chi connectivity index (χ4n) is 0.543. The summed E-state index contributed by atoms with van der Waals surface area (Å²) in [5, 5.41) is 13.0. The Labute approximate surface area is 69.5 Å². The molecule has 1 rings (SSSR count). The highest BCUT2D eigenvalue weighted by molar-refractivity contribution is 7.09. The molecule has 0 saturated carbocycles. The van der Waals surface area contributed by atoms with Gasteiger partial charge in [0.2, 0.25) is 5.13 Å². The van der Waals surface area contributed by atoms with Gasteiger partial charge < -0.3 is 10.4 Å². The van der Waals surface area contributed by atoms with Gasteiger partial charge in [0.25, 0.3) is 0 Å². The van der Waals surface area contributed by atoms with Gasteiger partial charge in [0.1, 0.15) is 6.33 Å². The van der Waals surface area contributed by atoms with E-state index >= 15 is 0 Å². The Kier molecular flexibility index (Phi) is 2.41. The van der Waals surface area contributed by atoms with Gasteiger partial charge in [-0.05, 0) is 13.8 Å². The zero-order chi connectivity index (χ0) is 8.32. The molecule has 0 spiro atoms. The molecule has 0 aliphatic heterocycles. The van der Waals surface area contributed by atoms with Gasteiger partial charge in [-0.2, -0.15) is 4.37 Å². The second-order valence-corrected chi connectivity index (χ2v) is 3.69. The number of anilines is 1. The van der Waals surface area contributed by atoms with Gasteiger partial charge in [0.05, 0.1) is 5.60 Å². The Morgan fingerprint density at radius 1 is 1.73 bits per heavy atom. The van der Waals surface area contributed by atoms with E-state index in [1.165, 1.54) is 17.9 Å². The van der Waals surface area contributed by atoms with Crippen LogP contribution >= 0.6 is 11.5 Å². The van der Waals surface area contributed by atoms with Crippen molar-refractivity contribution in [1.29, 1.82) is 0 Å². The first-order chi connectivity index (χ1) is 5.08. The van der Waals surface area contributed by atoms with E-state index in [4.69, 9.17) is 0 Å². The number of aliphatic hydroxyl groups is 1. The molecule has 0 radical (unpaired) electrons. The maximum Gasteiger partial charge on any atom is 0.202 e. The average Bonchev–Trinajstić information content (AvgIpc) is 2.32. The molecule has 0 amide bonds. The zero-order valence-corrected chi connectivity index (χ0v) is 7.35. The molecule has 0 aliphatic carbocycles. The van der Waals surface area contributed by atoms with Crippen molar-refractivity contribution in [1.82, 2.24) is 9.36 Å². The fraction of sp³-hybridized carbons (Fsp3) is 0.667. The molecule has 1 heterocycles. The van der Waals surface area contributed by atoms with Crippen molar-refractivity contribution in [3.63, 3.8) is 0 Å². The standard InChI is InChI=1S/C6H11N3OS/c1-6(2,10)3-7-5-8-4-9-11-5/h4,10H,3H2,1-2H3,(H,7,8,9). The highest BCUT2D eigenvalue weighted by atomic mass is 32.1. The quantitative estimate of drug-likeness (QED) is 0.707. The largest absolute Gasteiger partial charge is 0.389 e. The molecule has 0 unspecified atom stereocenters. The van der Waals surface area contributed by atoms with Gasteiger partial charge in [0, 0.05) is 18.1 Å². The van der Waals surface area contributed by atoms with Crippen LogP contribution in [0.5, 0.6) is 0 Å². The fourth-order valence-corrected chi connectivity index (χ4v) is 0.968. The van der Waals surface area contributed by atoms with E-state index < -0.39 is 5.60 Å². The minimum Gasteiger partial charge on any atom is -0.389 e. The SMILES string of the molecule is CC(C)(O)CNc1ncns1. The predicted molar refractivity (Wildman–Crippen MR) is 44.7 cm³/mol. The number of rotatable bonds is 3. The summed E-state index contributed by atoms with van der Waals surface area (Å²) in [7, 11) is 0. The van der Waals surface area contributed by atoms with Gasteiger partial charge in [-0.25, -0.2) is 4.98 Å². The third-order valence-corrected chi connectivity index (χ3v) is 1.66. The van der Waals surface area contributed by atoms with Gasteiger partial charge in [-0.1, -0.05) is 0 Å². The third-order valence-electron chi connectivity index (χ3n) is 1.03. The molecule has 4 nitrogen and oxygen atoms in total. The zero-order valence-electron chi connectivity index (χ0n) is 6.53. The summed E-state index contributed by atoms with van der Waals surface area (Å²) in [6.07, 6.45) is 1.48. The van der Waals surface area contributed by atoms with Crippen molar-refractivity contribution in [3.05, 3.63) is 6.33 Å². The number of aromatic nitrogens is 2. The maximum absolute atomic E-state index is 9.31. The van der Waals surface area contributed by atoms with E-state index in [0.29, 0.717) is 6.54 Å². The highest BCUT2D eigenvalue weighted by Gasteiger charge is 2.11. The van der Waals surface area contributed by atoms with Crippen LogP contribution in [0.1, 0.15) is 13.8 Å². The molecule has 1 aromatic heterocycles. The third kappa shape index (κ3) is 3.29. The van der Waals surface area contributed by atoms with Crippen LogP contribution in [0.15, 0.2) is 6.33 Å². The van der Waals surface area contributed by atoms with Gasteiger partial charge in [-0.3, -0.25) is 0 Å². The Morgan fingerprint density at radius 3 is 2.91 bits per heavy atom.